The summed E-state index contributed by atoms with van der Waals surface area (Å²) in [5.41, 5.74) is 1.70. The maximum Gasteiger partial charge on any atom is 0.222 e. The third kappa shape index (κ3) is 1.62. The predicted molar refractivity (Wildman–Crippen MR) is 63.2 cm³/mol. The summed E-state index contributed by atoms with van der Waals surface area (Å²) in [7, 11) is 0. The van der Waals surface area contributed by atoms with Gasteiger partial charge in [0.15, 0.2) is 0 Å². The fourth-order valence-corrected chi connectivity index (χ4v) is 2.72. The standard InChI is InChI=1S/C14H17NO/c16-13-7-4-10-15(13)11-14(8-9-14)12-5-2-1-3-6-12/h1-3,5-6H,4,7-11H2. The molecular weight excluding hydrogens is 198 g/mol. The van der Waals surface area contributed by atoms with E-state index in [1.165, 1.54) is 18.4 Å². The molecular formula is C14H17NO. The number of carbonyl (C=O) groups excluding carboxylic acids is 1. The van der Waals surface area contributed by atoms with Crippen molar-refractivity contribution in [2.45, 2.75) is 31.1 Å². The molecule has 0 aromatic heterocycles. The highest BCUT2D eigenvalue weighted by atomic mass is 16.2. The minimum Gasteiger partial charge on any atom is -0.342 e. The average molecular weight is 215 g/mol. The molecule has 1 saturated heterocycles. The summed E-state index contributed by atoms with van der Waals surface area (Å²) in [5.74, 6) is 0.349. The van der Waals surface area contributed by atoms with Gasteiger partial charge < -0.3 is 4.90 Å². The van der Waals surface area contributed by atoms with Gasteiger partial charge in [0.05, 0.1) is 0 Å². The van der Waals surface area contributed by atoms with Gasteiger partial charge in [0.1, 0.15) is 0 Å². The quantitative estimate of drug-likeness (QED) is 0.758. The molecule has 2 heteroatoms. The molecule has 0 radical (unpaired) electrons. The van der Waals surface area contributed by atoms with Gasteiger partial charge in [-0.2, -0.15) is 0 Å². The number of hydrogen-bond donors (Lipinski definition) is 0. The number of likely N-dealkylation sites (tertiary alicyclic amines) is 1. The highest BCUT2D eigenvalue weighted by Crippen LogP contribution is 2.49. The Labute approximate surface area is 96.3 Å². The second-order valence-electron chi connectivity index (χ2n) is 5.07. The van der Waals surface area contributed by atoms with Gasteiger partial charge in [0.25, 0.3) is 0 Å². The molecule has 84 valence electrons. The molecule has 0 N–H and O–H groups in total. The molecule has 0 bridgehead atoms. The van der Waals surface area contributed by atoms with Crippen molar-refractivity contribution in [1.82, 2.24) is 4.90 Å². The molecule has 1 heterocycles. The Kier molecular flexibility index (Phi) is 2.23. The van der Waals surface area contributed by atoms with Gasteiger partial charge in [-0.3, -0.25) is 4.79 Å². The van der Waals surface area contributed by atoms with Crippen molar-refractivity contribution in [3.8, 4) is 0 Å². The van der Waals surface area contributed by atoms with Crippen LogP contribution in [0.4, 0.5) is 0 Å². The minimum atomic E-state index is 0.293. The van der Waals surface area contributed by atoms with Crippen LogP contribution in [0, 0.1) is 0 Å². The van der Waals surface area contributed by atoms with Gasteiger partial charge in [-0.05, 0) is 24.8 Å². The lowest BCUT2D eigenvalue weighted by Crippen LogP contribution is -2.33. The van der Waals surface area contributed by atoms with E-state index in [4.69, 9.17) is 0 Å². The summed E-state index contributed by atoms with van der Waals surface area (Å²) in [6.45, 7) is 1.91. The maximum atomic E-state index is 11.6. The molecule has 1 aliphatic heterocycles. The van der Waals surface area contributed by atoms with Crippen LogP contribution in [0.15, 0.2) is 30.3 Å². The van der Waals surface area contributed by atoms with Crippen LogP contribution in [0.2, 0.25) is 0 Å². The van der Waals surface area contributed by atoms with Gasteiger partial charge in [-0.15, -0.1) is 0 Å². The van der Waals surface area contributed by atoms with Crippen LogP contribution in [0.1, 0.15) is 31.2 Å². The Morgan fingerprint density at radius 1 is 1.19 bits per heavy atom. The predicted octanol–water partition coefficient (Wildman–Crippen LogP) is 2.34. The Balaban J connectivity index is 1.77. The fraction of sp³-hybridized carbons (Fsp3) is 0.500. The number of nitrogens with zero attached hydrogens (tertiary/aromatic N) is 1. The molecule has 0 unspecified atom stereocenters. The molecule has 0 spiro atoms. The van der Waals surface area contributed by atoms with Crippen molar-refractivity contribution in [2.24, 2.45) is 0 Å². The topological polar surface area (TPSA) is 20.3 Å². The molecule has 2 fully saturated rings. The first-order chi connectivity index (χ1) is 7.80. The van der Waals surface area contributed by atoms with Gasteiger partial charge in [-0.1, -0.05) is 30.3 Å². The molecule has 1 aromatic rings. The first kappa shape index (κ1) is 9.88. The van der Waals surface area contributed by atoms with Crippen molar-refractivity contribution < 1.29 is 4.79 Å². The van der Waals surface area contributed by atoms with Crippen LogP contribution in [0.5, 0.6) is 0 Å². The van der Waals surface area contributed by atoms with Crippen LogP contribution < -0.4 is 0 Å². The molecule has 16 heavy (non-hydrogen) atoms. The third-order valence-electron chi connectivity index (χ3n) is 3.90. The molecule has 1 aliphatic carbocycles. The van der Waals surface area contributed by atoms with Gasteiger partial charge in [0, 0.05) is 24.9 Å². The summed E-state index contributed by atoms with van der Waals surface area (Å²) in [4.78, 5) is 13.7. The highest BCUT2D eigenvalue weighted by molar-refractivity contribution is 5.78. The highest BCUT2D eigenvalue weighted by Gasteiger charge is 2.46. The van der Waals surface area contributed by atoms with Gasteiger partial charge >= 0.3 is 0 Å². The Morgan fingerprint density at radius 2 is 1.94 bits per heavy atom. The first-order valence-electron chi connectivity index (χ1n) is 6.14. The van der Waals surface area contributed by atoms with Crippen molar-refractivity contribution in [1.29, 1.82) is 0 Å². The normalized spacial score (nSPS) is 22.5. The van der Waals surface area contributed by atoms with E-state index < -0.39 is 0 Å². The zero-order valence-electron chi connectivity index (χ0n) is 9.48. The molecule has 2 aliphatic rings. The van der Waals surface area contributed by atoms with Gasteiger partial charge in [-0.25, -0.2) is 0 Å². The van der Waals surface area contributed by atoms with Crippen molar-refractivity contribution in [3.63, 3.8) is 0 Å². The van der Waals surface area contributed by atoms with E-state index in [1.54, 1.807) is 0 Å². The first-order valence-corrected chi connectivity index (χ1v) is 6.14. The molecule has 1 amide bonds. The van der Waals surface area contributed by atoms with Crippen LogP contribution in [0.3, 0.4) is 0 Å². The number of benzene rings is 1. The minimum absolute atomic E-state index is 0.293. The van der Waals surface area contributed by atoms with Crippen LogP contribution in [-0.2, 0) is 10.2 Å². The zero-order chi connectivity index (χ0) is 11.0. The summed E-state index contributed by atoms with van der Waals surface area (Å²) in [6.07, 6.45) is 4.27. The molecule has 3 rings (SSSR count). The lowest BCUT2D eigenvalue weighted by molar-refractivity contribution is -0.128. The molecule has 1 saturated carbocycles. The number of rotatable bonds is 3. The second kappa shape index (κ2) is 3.62. The SMILES string of the molecule is O=C1CCCN1CC1(c2ccccc2)CC1. The van der Waals surface area contributed by atoms with Crippen molar-refractivity contribution in [2.75, 3.05) is 13.1 Å². The lowest BCUT2D eigenvalue weighted by Gasteiger charge is -2.23. The average Bonchev–Trinajstić information content (AvgIpc) is 3.00. The van der Waals surface area contributed by atoms with Crippen molar-refractivity contribution in [3.05, 3.63) is 35.9 Å². The van der Waals surface area contributed by atoms with E-state index in [9.17, 15) is 4.79 Å². The summed E-state index contributed by atoms with van der Waals surface area (Å²) in [5, 5.41) is 0. The monoisotopic (exact) mass is 215 g/mol. The lowest BCUT2D eigenvalue weighted by atomic mass is 9.95. The van der Waals surface area contributed by atoms with E-state index in [2.05, 4.69) is 35.2 Å². The molecule has 1 aromatic carbocycles. The Bertz CT molecular complexity index is 394. The number of amides is 1. The number of carbonyl (C=O) groups is 1. The zero-order valence-corrected chi connectivity index (χ0v) is 9.48. The van der Waals surface area contributed by atoms with E-state index in [-0.39, 0.29) is 0 Å². The van der Waals surface area contributed by atoms with Crippen molar-refractivity contribution >= 4 is 5.91 Å². The fourth-order valence-electron chi connectivity index (χ4n) is 2.72. The van der Waals surface area contributed by atoms with E-state index >= 15 is 0 Å². The molecule has 0 atom stereocenters. The number of hydrogen-bond acceptors (Lipinski definition) is 1. The van der Waals surface area contributed by atoms with E-state index in [0.29, 0.717) is 11.3 Å². The van der Waals surface area contributed by atoms with E-state index in [1.807, 2.05) is 0 Å². The Morgan fingerprint density at radius 3 is 2.50 bits per heavy atom. The summed E-state index contributed by atoms with van der Waals surface area (Å²) in [6, 6.07) is 10.7. The molecule has 2 nitrogen and oxygen atoms in total. The smallest absolute Gasteiger partial charge is 0.222 e. The van der Waals surface area contributed by atoms with E-state index in [0.717, 1.165) is 25.9 Å². The largest absolute Gasteiger partial charge is 0.342 e. The summed E-state index contributed by atoms with van der Waals surface area (Å²) < 4.78 is 0. The van der Waals surface area contributed by atoms with Gasteiger partial charge in [0.2, 0.25) is 5.91 Å². The second-order valence-corrected chi connectivity index (χ2v) is 5.07. The van der Waals surface area contributed by atoms with Crippen LogP contribution >= 0.6 is 0 Å². The summed E-state index contributed by atoms with van der Waals surface area (Å²) >= 11 is 0. The maximum absolute atomic E-state index is 11.6. The van der Waals surface area contributed by atoms with Crippen LogP contribution in [0.25, 0.3) is 0 Å². The van der Waals surface area contributed by atoms with Crippen LogP contribution in [-0.4, -0.2) is 23.9 Å². The third-order valence-corrected chi connectivity index (χ3v) is 3.90. The Hall–Kier alpha value is -1.31.